The maximum absolute atomic E-state index is 13.6. The molecule has 2 N–H and O–H groups in total. The molecule has 2 amide bonds. The van der Waals surface area contributed by atoms with Gasteiger partial charge in [-0.2, -0.15) is 4.98 Å². The van der Waals surface area contributed by atoms with Crippen molar-refractivity contribution in [3.8, 4) is 11.8 Å². The molecule has 172 valence electrons. The summed E-state index contributed by atoms with van der Waals surface area (Å²) >= 11 is 0. The molecule has 1 aromatic heterocycles. The van der Waals surface area contributed by atoms with Gasteiger partial charge in [-0.15, -0.1) is 0 Å². The SMILES string of the molecule is COc1ccc(NC(=O)N(c2ccccc2C(C)C)[C@H]2CC[C@H](C(=O)O)CC2)c(OC)n1. The van der Waals surface area contributed by atoms with Crippen LogP contribution in [0.5, 0.6) is 11.8 Å². The number of carboxylic acid groups (broad SMARTS) is 1. The molecule has 0 spiro atoms. The Bertz CT molecular complexity index is 954. The van der Waals surface area contributed by atoms with Crippen LogP contribution in [-0.2, 0) is 4.79 Å². The van der Waals surface area contributed by atoms with E-state index in [9.17, 15) is 14.7 Å². The van der Waals surface area contributed by atoms with Gasteiger partial charge in [0.25, 0.3) is 0 Å². The van der Waals surface area contributed by atoms with Gasteiger partial charge in [-0.1, -0.05) is 32.0 Å². The van der Waals surface area contributed by atoms with Crippen LogP contribution in [0.2, 0.25) is 0 Å². The number of hydrogen-bond donors (Lipinski definition) is 2. The molecule has 1 aliphatic carbocycles. The predicted octanol–water partition coefficient (Wildman–Crippen LogP) is 4.90. The molecule has 1 fully saturated rings. The number of benzene rings is 1. The molecule has 32 heavy (non-hydrogen) atoms. The molecule has 1 heterocycles. The first-order valence-corrected chi connectivity index (χ1v) is 10.9. The topological polar surface area (TPSA) is 101 Å². The summed E-state index contributed by atoms with van der Waals surface area (Å²) in [6, 6.07) is 10.8. The maximum atomic E-state index is 13.6. The second-order valence-electron chi connectivity index (χ2n) is 8.27. The maximum Gasteiger partial charge on any atom is 0.326 e. The number of nitrogens with one attached hydrogen (secondary N) is 1. The third-order valence-electron chi connectivity index (χ3n) is 5.93. The van der Waals surface area contributed by atoms with E-state index in [4.69, 9.17) is 9.47 Å². The molecule has 1 aromatic carbocycles. The zero-order valence-corrected chi connectivity index (χ0v) is 19.0. The van der Waals surface area contributed by atoms with Gasteiger partial charge in [0.1, 0.15) is 5.69 Å². The number of amides is 2. The van der Waals surface area contributed by atoms with Crippen molar-refractivity contribution in [3.05, 3.63) is 42.0 Å². The minimum absolute atomic E-state index is 0.109. The van der Waals surface area contributed by atoms with Gasteiger partial charge in [0, 0.05) is 17.8 Å². The Morgan fingerprint density at radius 1 is 1.06 bits per heavy atom. The Balaban J connectivity index is 1.94. The zero-order chi connectivity index (χ0) is 23.3. The lowest BCUT2D eigenvalue weighted by atomic mass is 9.85. The molecule has 0 aliphatic heterocycles. The minimum Gasteiger partial charge on any atom is -0.481 e. The number of hydrogen-bond acceptors (Lipinski definition) is 5. The molecule has 0 atom stereocenters. The van der Waals surface area contributed by atoms with Gasteiger partial charge in [0.15, 0.2) is 0 Å². The number of carboxylic acids is 1. The number of para-hydroxylation sites is 1. The molecule has 0 saturated heterocycles. The van der Waals surface area contributed by atoms with Gasteiger partial charge in [-0.25, -0.2) is 4.79 Å². The number of methoxy groups -OCH3 is 2. The van der Waals surface area contributed by atoms with Crippen molar-refractivity contribution in [2.24, 2.45) is 5.92 Å². The molecule has 1 aliphatic rings. The summed E-state index contributed by atoms with van der Waals surface area (Å²) in [5, 5.41) is 12.3. The number of nitrogens with zero attached hydrogens (tertiary/aromatic N) is 2. The fraction of sp³-hybridized carbons (Fsp3) is 0.458. The van der Waals surface area contributed by atoms with Gasteiger partial charge < -0.3 is 19.9 Å². The highest BCUT2D eigenvalue weighted by atomic mass is 16.5. The van der Waals surface area contributed by atoms with Crippen LogP contribution in [0.3, 0.4) is 0 Å². The van der Waals surface area contributed by atoms with Crippen molar-refractivity contribution in [3.63, 3.8) is 0 Å². The molecule has 2 aromatic rings. The number of carbonyl (C=O) groups is 2. The number of rotatable bonds is 7. The van der Waals surface area contributed by atoms with E-state index in [1.54, 1.807) is 17.0 Å². The fourth-order valence-electron chi connectivity index (χ4n) is 4.21. The predicted molar refractivity (Wildman–Crippen MR) is 123 cm³/mol. The van der Waals surface area contributed by atoms with E-state index in [1.807, 2.05) is 24.3 Å². The normalized spacial score (nSPS) is 18.2. The van der Waals surface area contributed by atoms with Crippen LogP contribution < -0.4 is 19.7 Å². The van der Waals surface area contributed by atoms with Crippen LogP contribution in [0.25, 0.3) is 0 Å². The first-order valence-electron chi connectivity index (χ1n) is 10.9. The lowest BCUT2D eigenvalue weighted by Crippen LogP contribution is -2.46. The second-order valence-corrected chi connectivity index (χ2v) is 8.27. The summed E-state index contributed by atoms with van der Waals surface area (Å²) in [4.78, 5) is 31.0. The van der Waals surface area contributed by atoms with E-state index in [2.05, 4.69) is 24.1 Å². The number of urea groups is 1. The Hall–Kier alpha value is -3.29. The van der Waals surface area contributed by atoms with Gasteiger partial charge in [0.2, 0.25) is 11.8 Å². The van der Waals surface area contributed by atoms with Crippen LogP contribution in [-0.4, -0.2) is 42.4 Å². The molecule has 3 rings (SSSR count). The first-order chi connectivity index (χ1) is 15.3. The Morgan fingerprint density at radius 3 is 2.34 bits per heavy atom. The van der Waals surface area contributed by atoms with Crippen molar-refractivity contribution >= 4 is 23.4 Å². The van der Waals surface area contributed by atoms with E-state index >= 15 is 0 Å². The highest BCUT2D eigenvalue weighted by Gasteiger charge is 2.34. The molecule has 8 nitrogen and oxygen atoms in total. The highest BCUT2D eigenvalue weighted by molar-refractivity contribution is 6.03. The number of aromatic nitrogens is 1. The summed E-state index contributed by atoms with van der Waals surface area (Å²) in [7, 11) is 2.99. The fourth-order valence-corrected chi connectivity index (χ4v) is 4.21. The summed E-state index contributed by atoms with van der Waals surface area (Å²) < 4.78 is 10.5. The molecule has 8 heteroatoms. The molecular weight excluding hydrogens is 410 g/mol. The molecule has 0 radical (unpaired) electrons. The lowest BCUT2D eigenvalue weighted by Gasteiger charge is -2.37. The molecule has 0 unspecified atom stereocenters. The number of anilines is 2. The van der Waals surface area contributed by atoms with Gasteiger partial charge in [0.05, 0.1) is 20.1 Å². The number of ether oxygens (including phenoxy) is 2. The smallest absolute Gasteiger partial charge is 0.326 e. The largest absolute Gasteiger partial charge is 0.481 e. The molecule has 1 saturated carbocycles. The summed E-state index contributed by atoms with van der Waals surface area (Å²) in [6.07, 6.45) is 2.33. The number of carbonyl (C=O) groups excluding carboxylic acids is 1. The van der Waals surface area contributed by atoms with Crippen LogP contribution in [0, 0.1) is 5.92 Å². The minimum atomic E-state index is -0.768. The van der Waals surface area contributed by atoms with Gasteiger partial charge >= 0.3 is 12.0 Å². The quantitative estimate of drug-likeness (QED) is 0.633. The van der Waals surface area contributed by atoms with Crippen LogP contribution >= 0.6 is 0 Å². The average Bonchev–Trinajstić information content (AvgIpc) is 2.80. The van der Waals surface area contributed by atoms with E-state index in [-0.39, 0.29) is 29.8 Å². The van der Waals surface area contributed by atoms with Crippen LogP contribution in [0.4, 0.5) is 16.2 Å². The Labute approximate surface area is 188 Å². The zero-order valence-electron chi connectivity index (χ0n) is 19.0. The Morgan fingerprint density at radius 2 is 1.75 bits per heavy atom. The van der Waals surface area contributed by atoms with Crippen molar-refractivity contribution < 1.29 is 24.2 Å². The summed E-state index contributed by atoms with van der Waals surface area (Å²) in [5.41, 5.74) is 2.33. The van der Waals surface area contributed by atoms with E-state index in [1.165, 1.54) is 14.2 Å². The van der Waals surface area contributed by atoms with Crippen LogP contribution in [0.1, 0.15) is 51.0 Å². The first kappa shape index (κ1) is 23.4. The van der Waals surface area contributed by atoms with Crippen molar-refractivity contribution in [1.29, 1.82) is 0 Å². The summed E-state index contributed by atoms with van der Waals surface area (Å²) in [6.45, 7) is 4.18. The van der Waals surface area contributed by atoms with Crippen molar-refractivity contribution in [1.82, 2.24) is 4.98 Å². The number of aliphatic carboxylic acids is 1. The number of pyridine rings is 1. The third kappa shape index (κ3) is 5.12. The lowest BCUT2D eigenvalue weighted by molar-refractivity contribution is -0.142. The van der Waals surface area contributed by atoms with E-state index in [0.29, 0.717) is 37.3 Å². The highest BCUT2D eigenvalue weighted by Crippen LogP contribution is 2.36. The van der Waals surface area contributed by atoms with E-state index in [0.717, 1.165) is 11.3 Å². The molecule has 0 bridgehead atoms. The van der Waals surface area contributed by atoms with Crippen molar-refractivity contribution in [2.75, 3.05) is 24.4 Å². The third-order valence-corrected chi connectivity index (χ3v) is 5.93. The standard InChI is InChI=1S/C24H31N3O5/c1-15(2)18-7-5-6-8-20(18)27(17-11-9-16(10-12-17)23(28)29)24(30)25-19-13-14-21(31-3)26-22(19)32-4/h5-8,13-17H,9-12H2,1-4H3,(H,25,30)(H,28,29)/t16-,17-. The van der Waals surface area contributed by atoms with Gasteiger partial charge in [-0.3, -0.25) is 9.69 Å². The average molecular weight is 442 g/mol. The monoisotopic (exact) mass is 441 g/mol. The Kier molecular flexibility index (Phi) is 7.56. The van der Waals surface area contributed by atoms with Crippen molar-refractivity contribution in [2.45, 2.75) is 51.5 Å². The molecular formula is C24H31N3O5. The van der Waals surface area contributed by atoms with Crippen LogP contribution in [0.15, 0.2) is 36.4 Å². The van der Waals surface area contributed by atoms with E-state index < -0.39 is 5.97 Å². The van der Waals surface area contributed by atoms with Gasteiger partial charge in [-0.05, 0) is 49.3 Å². The summed E-state index contributed by atoms with van der Waals surface area (Å²) in [5.74, 6) is -0.272. The second kappa shape index (κ2) is 10.3.